The first-order chi connectivity index (χ1) is 11.8. The molecule has 1 aliphatic carbocycles. The largest absolute Gasteiger partial charge is 0.293 e. The number of hydrogen-bond acceptors (Lipinski definition) is 3. The molecule has 1 nitrogen and oxygen atoms in total. The summed E-state index contributed by atoms with van der Waals surface area (Å²) in [5, 5.41) is 6.34. The lowest BCUT2D eigenvalue weighted by atomic mass is 9.88. The number of hydrogen-bond donors (Lipinski definition) is 0. The van der Waals surface area contributed by atoms with Crippen LogP contribution < -0.4 is 0 Å². The first-order valence-electron chi connectivity index (χ1n) is 8.20. The van der Waals surface area contributed by atoms with Gasteiger partial charge in [0.2, 0.25) is 0 Å². The van der Waals surface area contributed by atoms with Crippen molar-refractivity contribution in [2.45, 2.75) is 19.3 Å². The number of carbonyl (C=O) groups excluding carboxylic acids is 1. The lowest BCUT2D eigenvalue weighted by molar-refractivity contribution is 0.0974. The molecule has 0 unspecified atom stereocenters. The Morgan fingerprint density at radius 3 is 2.58 bits per heavy atom. The molecule has 0 amide bonds. The molecule has 0 saturated carbocycles. The van der Waals surface area contributed by atoms with E-state index in [-0.39, 0.29) is 5.78 Å². The van der Waals surface area contributed by atoms with Gasteiger partial charge in [-0.3, -0.25) is 4.79 Å². The van der Waals surface area contributed by atoms with Crippen LogP contribution in [0.15, 0.2) is 64.7 Å². The van der Waals surface area contributed by atoms with Crippen molar-refractivity contribution in [1.29, 1.82) is 0 Å². The van der Waals surface area contributed by atoms with Gasteiger partial charge in [0, 0.05) is 6.42 Å². The maximum Gasteiger partial charge on any atom is 0.173 e. The van der Waals surface area contributed by atoms with Gasteiger partial charge in [-0.15, -0.1) is 11.3 Å². The number of benzene rings is 1. The number of carbonyl (C=O) groups is 1. The third-order valence-electron chi connectivity index (χ3n) is 4.66. The second-order valence-corrected chi connectivity index (χ2v) is 7.84. The maximum absolute atomic E-state index is 12.6. The molecule has 3 heteroatoms. The Balaban J connectivity index is 1.70. The van der Waals surface area contributed by atoms with Crippen molar-refractivity contribution in [1.82, 2.24) is 0 Å². The Kier molecular flexibility index (Phi) is 4.46. The summed E-state index contributed by atoms with van der Waals surface area (Å²) in [4.78, 5) is 13.5. The maximum atomic E-state index is 12.6. The number of Topliss-reactive ketones (excluding diaryl/α,β-unsaturated/α-hetero) is 1. The molecule has 1 atom stereocenters. The zero-order valence-electron chi connectivity index (χ0n) is 13.3. The van der Waals surface area contributed by atoms with Gasteiger partial charge in [-0.1, -0.05) is 36.4 Å². The highest BCUT2D eigenvalue weighted by Crippen LogP contribution is 2.46. The van der Waals surface area contributed by atoms with Gasteiger partial charge in [0.25, 0.3) is 0 Å². The van der Waals surface area contributed by atoms with Crippen LogP contribution in [0.2, 0.25) is 0 Å². The molecule has 0 aliphatic heterocycles. The molecule has 0 bridgehead atoms. The highest BCUT2D eigenvalue weighted by Gasteiger charge is 2.29. The summed E-state index contributed by atoms with van der Waals surface area (Å²) >= 11 is 3.28. The van der Waals surface area contributed by atoms with Gasteiger partial charge in [-0.2, -0.15) is 11.3 Å². The van der Waals surface area contributed by atoms with E-state index in [2.05, 4.69) is 47.2 Å². The van der Waals surface area contributed by atoms with Crippen molar-refractivity contribution in [3.8, 4) is 0 Å². The van der Waals surface area contributed by atoms with E-state index in [1.54, 1.807) is 22.7 Å². The molecule has 3 aromatic rings. The van der Waals surface area contributed by atoms with E-state index in [0.29, 0.717) is 12.3 Å². The van der Waals surface area contributed by atoms with Crippen LogP contribution in [-0.4, -0.2) is 5.78 Å². The zero-order chi connectivity index (χ0) is 16.4. The number of ketones is 1. The molecule has 0 radical (unpaired) electrons. The van der Waals surface area contributed by atoms with E-state index in [1.165, 1.54) is 22.3 Å². The number of thiophene rings is 2. The molecular formula is C21H18OS2. The fourth-order valence-electron chi connectivity index (χ4n) is 3.57. The Bertz CT molecular complexity index is 843. The third kappa shape index (κ3) is 3.02. The second kappa shape index (κ2) is 6.88. The predicted octanol–water partition coefficient (Wildman–Crippen LogP) is 6.40. The van der Waals surface area contributed by atoms with Gasteiger partial charge in [0.1, 0.15) is 0 Å². The van der Waals surface area contributed by atoms with Crippen LogP contribution in [0.1, 0.15) is 40.1 Å². The Morgan fingerprint density at radius 1 is 1.00 bits per heavy atom. The molecule has 2 aromatic heterocycles. The van der Waals surface area contributed by atoms with Crippen LogP contribution in [0, 0.1) is 5.92 Å². The summed E-state index contributed by atoms with van der Waals surface area (Å²) in [5.74, 6) is 0.590. The van der Waals surface area contributed by atoms with E-state index in [0.717, 1.165) is 17.7 Å². The molecule has 0 saturated heterocycles. The molecule has 2 heterocycles. The van der Waals surface area contributed by atoms with E-state index in [9.17, 15) is 4.79 Å². The minimum Gasteiger partial charge on any atom is -0.293 e. The Labute approximate surface area is 150 Å². The van der Waals surface area contributed by atoms with Crippen LogP contribution in [0.3, 0.4) is 0 Å². The summed E-state index contributed by atoms with van der Waals surface area (Å²) in [7, 11) is 0. The van der Waals surface area contributed by atoms with Crippen molar-refractivity contribution in [3.05, 3.63) is 80.7 Å². The van der Waals surface area contributed by atoms with Gasteiger partial charge in [0.15, 0.2) is 5.78 Å². The summed E-state index contributed by atoms with van der Waals surface area (Å²) in [6.07, 6.45) is 2.73. The average Bonchev–Trinajstić information content (AvgIpc) is 3.36. The smallest absolute Gasteiger partial charge is 0.173 e. The topological polar surface area (TPSA) is 17.1 Å². The lowest BCUT2D eigenvalue weighted by Crippen LogP contribution is -2.07. The highest BCUT2D eigenvalue weighted by atomic mass is 32.1. The summed E-state index contributed by atoms with van der Waals surface area (Å²) in [6.45, 7) is 0. The van der Waals surface area contributed by atoms with Crippen molar-refractivity contribution < 1.29 is 4.79 Å². The fourth-order valence-corrected chi connectivity index (χ4v) is 4.92. The van der Waals surface area contributed by atoms with Gasteiger partial charge in [-0.25, -0.2) is 0 Å². The molecule has 0 spiro atoms. The molecular weight excluding hydrogens is 332 g/mol. The van der Waals surface area contributed by atoms with Gasteiger partial charge in [0.05, 0.1) is 4.88 Å². The number of allylic oxidation sites excluding steroid dienone is 2. The molecule has 1 aromatic carbocycles. The van der Waals surface area contributed by atoms with Crippen LogP contribution in [0.4, 0.5) is 0 Å². The van der Waals surface area contributed by atoms with E-state index < -0.39 is 0 Å². The first-order valence-corrected chi connectivity index (χ1v) is 10.0. The first kappa shape index (κ1) is 15.6. The predicted molar refractivity (Wildman–Crippen MR) is 104 cm³/mol. The SMILES string of the molecule is O=C(C[C@H]1CCC(c2ccsc2)=C1c1ccccc1)c1cccs1. The van der Waals surface area contributed by atoms with E-state index in [1.807, 2.05) is 17.5 Å². The minimum atomic E-state index is 0.273. The number of rotatable bonds is 5. The van der Waals surface area contributed by atoms with Gasteiger partial charge >= 0.3 is 0 Å². The van der Waals surface area contributed by atoms with Crippen LogP contribution >= 0.6 is 22.7 Å². The zero-order valence-corrected chi connectivity index (χ0v) is 14.9. The average molecular weight is 351 g/mol. The Hall–Kier alpha value is -1.97. The monoisotopic (exact) mass is 350 g/mol. The molecule has 24 heavy (non-hydrogen) atoms. The summed E-state index contributed by atoms with van der Waals surface area (Å²) < 4.78 is 0. The van der Waals surface area contributed by atoms with Crippen LogP contribution in [0.5, 0.6) is 0 Å². The van der Waals surface area contributed by atoms with Crippen molar-refractivity contribution in [3.63, 3.8) is 0 Å². The molecule has 1 aliphatic rings. The van der Waals surface area contributed by atoms with Crippen molar-refractivity contribution >= 4 is 39.6 Å². The summed E-state index contributed by atoms with van der Waals surface area (Å²) in [6, 6.07) is 16.7. The van der Waals surface area contributed by atoms with E-state index >= 15 is 0 Å². The molecule has 0 N–H and O–H groups in total. The van der Waals surface area contributed by atoms with Crippen LogP contribution in [-0.2, 0) is 0 Å². The minimum absolute atomic E-state index is 0.273. The summed E-state index contributed by atoms with van der Waals surface area (Å²) in [5.41, 5.74) is 5.38. The standard InChI is InChI=1S/C21H18OS2/c22-19(20-7-4-11-24-20)13-16-8-9-18(17-10-12-23-14-17)21(16)15-5-2-1-3-6-15/h1-7,10-12,14,16H,8-9,13H2/t16-/m1/s1. The Morgan fingerprint density at radius 2 is 1.88 bits per heavy atom. The van der Waals surface area contributed by atoms with Crippen molar-refractivity contribution in [2.75, 3.05) is 0 Å². The molecule has 120 valence electrons. The van der Waals surface area contributed by atoms with Crippen LogP contribution in [0.25, 0.3) is 11.1 Å². The molecule has 0 fully saturated rings. The van der Waals surface area contributed by atoms with Gasteiger partial charge < -0.3 is 0 Å². The lowest BCUT2D eigenvalue weighted by Gasteiger charge is -2.15. The second-order valence-electron chi connectivity index (χ2n) is 6.11. The van der Waals surface area contributed by atoms with Crippen molar-refractivity contribution in [2.24, 2.45) is 5.92 Å². The molecule has 4 rings (SSSR count). The third-order valence-corrected chi connectivity index (χ3v) is 6.25. The quantitative estimate of drug-likeness (QED) is 0.486. The van der Waals surface area contributed by atoms with Gasteiger partial charge in [-0.05, 0) is 69.3 Å². The highest BCUT2D eigenvalue weighted by molar-refractivity contribution is 7.12. The van der Waals surface area contributed by atoms with E-state index in [4.69, 9.17) is 0 Å². The normalized spacial score (nSPS) is 17.4. The fraction of sp³-hybridized carbons (Fsp3) is 0.190.